The second-order valence-corrected chi connectivity index (χ2v) is 5.02. The van der Waals surface area contributed by atoms with E-state index >= 15 is 0 Å². The second-order valence-electron chi connectivity index (χ2n) is 5.02. The number of nitrogens with zero attached hydrogens (tertiary/aromatic N) is 4. The number of nitrogens with two attached hydrogens (primary N) is 1. The molecule has 1 aliphatic rings. The van der Waals surface area contributed by atoms with Gasteiger partial charge in [-0.2, -0.15) is 0 Å². The Bertz CT molecular complexity index is 497. The molecule has 1 aromatic heterocycles. The van der Waals surface area contributed by atoms with Gasteiger partial charge in [0, 0.05) is 38.6 Å². The van der Waals surface area contributed by atoms with Gasteiger partial charge in [0.2, 0.25) is 0 Å². The summed E-state index contributed by atoms with van der Waals surface area (Å²) < 4.78 is 0. The first-order valence-corrected chi connectivity index (χ1v) is 7.08. The van der Waals surface area contributed by atoms with Gasteiger partial charge in [-0.05, 0) is 18.6 Å². The largest absolute Gasteiger partial charge is 0.409 e. The third kappa shape index (κ3) is 3.49. The van der Waals surface area contributed by atoms with Crippen LogP contribution in [0.4, 0.5) is 0 Å². The molecule has 1 amide bonds. The molecule has 7 nitrogen and oxygen atoms in total. The summed E-state index contributed by atoms with van der Waals surface area (Å²) >= 11 is 0. The van der Waals surface area contributed by atoms with Crippen LogP contribution in [0, 0.1) is 0 Å². The van der Waals surface area contributed by atoms with Gasteiger partial charge in [-0.1, -0.05) is 12.1 Å². The lowest BCUT2D eigenvalue weighted by atomic mass is 10.1. The summed E-state index contributed by atoms with van der Waals surface area (Å²) in [6.45, 7) is 4.67. The Kier molecular flexibility index (Phi) is 5.10. The van der Waals surface area contributed by atoms with Gasteiger partial charge in [-0.3, -0.25) is 14.7 Å². The molecule has 1 aromatic rings. The predicted octanol–water partition coefficient (Wildman–Crippen LogP) is 0.364. The minimum atomic E-state index is -0.0781. The summed E-state index contributed by atoms with van der Waals surface area (Å²) in [5.74, 6) is 0.226. The van der Waals surface area contributed by atoms with Gasteiger partial charge in [0.1, 0.15) is 0 Å². The quantitative estimate of drug-likeness (QED) is 0.361. The number of amidine groups is 1. The van der Waals surface area contributed by atoms with Crippen LogP contribution < -0.4 is 5.73 Å². The highest BCUT2D eigenvalue weighted by Crippen LogP contribution is 2.12. The number of carbonyl (C=O) groups excluding carboxylic acids is 1. The number of pyridine rings is 1. The molecule has 1 unspecified atom stereocenters. The Morgan fingerprint density at radius 2 is 2.19 bits per heavy atom. The lowest BCUT2D eigenvalue weighted by Crippen LogP contribution is -2.55. The third-order valence-corrected chi connectivity index (χ3v) is 3.79. The highest BCUT2D eigenvalue weighted by atomic mass is 16.4. The molecule has 0 aromatic carbocycles. The first-order valence-electron chi connectivity index (χ1n) is 7.08. The van der Waals surface area contributed by atoms with E-state index in [-0.39, 0.29) is 17.8 Å². The molecule has 1 fully saturated rings. The van der Waals surface area contributed by atoms with Crippen LogP contribution in [-0.2, 0) is 0 Å². The Morgan fingerprint density at radius 3 is 2.71 bits per heavy atom. The van der Waals surface area contributed by atoms with Crippen LogP contribution in [0.5, 0.6) is 0 Å². The van der Waals surface area contributed by atoms with Gasteiger partial charge >= 0.3 is 0 Å². The van der Waals surface area contributed by atoms with Crippen LogP contribution in [0.3, 0.4) is 0 Å². The fourth-order valence-electron chi connectivity index (χ4n) is 2.63. The van der Waals surface area contributed by atoms with E-state index in [1.165, 1.54) is 0 Å². The number of piperazine rings is 1. The molecule has 2 rings (SSSR count). The molecule has 1 aliphatic heterocycles. The first kappa shape index (κ1) is 15.2. The number of hydrogen-bond acceptors (Lipinski definition) is 5. The van der Waals surface area contributed by atoms with E-state index in [1.807, 2.05) is 11.8 Å². The Balaban J connectivity index is 1.96. The van der Waals surface area contributed by atoms with Crippen molar-refractivity contribution >= 4 is 11.7 Å². The Hall–Kier alpha value is -2.15. The molecule has 1 atom stereocenters. The molecule has 0 bridgehead atoms. The summed E-state index contributed by atoms with van der Waals surface area (Å²) in [4.78, 5) is 20.2. The van der Waals surface area contributed by atoms with Crippen molar-refractivity contribution in [3.63, 3.8) is 0 Å². The van der Waals surface area contributed by atoms with Crippen LogP contribution >= 0.6 is 0 Å². The number of amides is 1. The van der Waals surface area contributed by atoms with Crippen molar-refractivity contribution in [1.29, 1.82) is 0 Å². The number of rotatable bonds is 4. The molecule has 3 N–H and O–H groups in total. The van der Waals surface area contributed by atoms with E-state index in [0.717, 1.165) is 6.42 Å². The van der Waals surface area contributed by atoms with Gasteiger partial charge in [0.15, 0.2) is 5.84 Å². The normalized spacial score (nSPS) is 18.5. The standard InChI is InChI=1S/C14H21N5O2/c1-2-12(13(15)17-21)18-6-8-19(9-7-18)14(20)11-4-3-5-16-10-11/h3-5,10,12,21H,2,6-9H2,1H3,(H2,15,17). The maximum absolute atomic E-state index is 12.3. The van der Waals surface area contributed by atoms with Crippen LogP contribution in [0.15, 0.2) is 29.7 Å². The van der Waals surface area contributed by atoms with Crippen molar-refractivity contribution in [2.24, 2.45) is 10.9 Å². The van der Waals surface area contributed by atoms with Crippen LogP contribution in [0.1, 0.15) is 23.7 Å². The van der Waals surface area contributed by atoms with E-state index in [0.29, 0.717) is 31.7 Å². The summed E-state index contributed by atoms with van der Waals surface area (Å²) in [7, 11) is 0. The van der Waals surface area contributed by atoms with Gasteiger partial charge in [-0.25, -0.2) is 0 Å². The zero-order chi connectivity index (χ0) is 15.2. The molecule has 2 heterocycles. The Labute approximate surface area is 124 Å². The van der Waals surface area contributed by atoms with Crippen LogP contribution in [0.2, 0.25) is 0 Å². The van der Waals surface area contributed by atoms with E-state index in [4.69, 9.17) is 10.9 Å². The van der Waals surface area contributed by atoms with Crippen molar-refractivity contribution < 1.29 is 10.0 Å². The lowest BCUT2D eigenvalue weighted by Gasteiger charge is -2.38. The fraction of sp³-hybridized carbons (Fsp3) is 0.500. The second kappa shape index (κ2) is 7.03. The summed E-state index contributed by atoms with van der Waals surface area (Å²) in [5.41, 5.74) is 6.32. The highest BCUT2D eigenvalue weighted by molar-refractivity contribution is 5.94. The Morgan fingerprint density at radius 1 is 1.48 bits per heavy atom. The van der Waals surface area contributed by atoms with Crippen molar-refractivity contribution in [2.75, 3.05) is 26.2 Å². The molecule has 0 saturated carbocycles. The molecular weight excluding hydrogens is 270 g/mol. The molecule has 0 radical (unpaired) electrons. The van der Waals surface area contributed by atoms with Crippen LogP contribution in [0.25, 0.3) is 0 Å². The van der Waals surface area contributed by atoms with Gasteiger partial charge in [0.25, 0.3) is 5.91 Å². The van der Waals surface area contributed by atoms with E-state index < -0.39 is 0 Å². The molecule has 21 heavy (non-hydrogen) atoms. The number of hydrogen-bond donors (Lipinski definition) is 2. The third-order valence-electron chi connectivity index (χ3n) is 3.79. The van der Waals surface area contributed by atoms with E-state index in [9.17, 15) is 4.79 Å². The predicted molar refractivity (Wildman–Crippen MR) is 79.2 cm³/mol. The number of aromatic nitrogens is 1. The van der Waals surface area contributed by atoms with Crippen molar-refractivity contribution in [1.82, 2.24) is 14.8 Å². The maximum atomic E-state index is 12.3. The van der Waals surface area contributed by atoms with E-state index in [2.05, 4.69) is 15.0 Å². The first-order chi connectivity index (χ1) is 10.2. The lowest BCUT2D eigenvalue weighted by molar-refractivity contribution is 0.0608. The molecule has 7 heteroatoms. The molecule has 114 valence electrons. The number of carbonyl (C=O) groups is 1. The topological polar surface area (TPSA) is 95.0 Å². The zero-order valence-corrected chi connectivity index (χ0v) is 12.1. The summed E-state index contributed by atoms with van der Waals surface area (Å²) in [6.07, 6.45) is 4.00. The monoisotopic (exact) mass is 291 g/mol. The molecular formula is C14H21N5O2. The minimum absolute atomic E-state index is 0.000374. The molecule has 1 saturated heterocycles. The van der Waals surface area contributed by atoms with E-state index in [1.54, 1.807) is 24.5 Å². The highest BCUT2D eigenvalue weighted by Gasteiger charge is 2.27. The maximum Gasteiger partial charge on any atom is 0.255 e. The van der Waals surface area contributed by atoms with Gasteiger partial charge in [-0.15, -0.1) is 0 Å². The average molecular weight is 291 g/mol. The van der Waals surface area contributed by atoms with Crippen molar-refractivity contribution in [3.05, 3.63) is 30.1 Å². The number of oxime groups is 1. The SMILES string of the molecule is CCC(C(N)=NO)N1CCN(C(=O)c2cccnc2)CC1. The van der Waals surface area contributed by atoms with Gasteiger partial charge < -0.3 is 15.8 Å². The zero-order valence-electron chi connectivity index (χ0n) is 12.1. The van der Waals surface area contributed by atoms with Crippen LogP contribution in [-0.4, -0.2) is 64.0 Å². The minimum Gasteiger partial charge on any atom is -0.409 e. The van der Waals surface area contributed by atoms with Gasteiger partial charge in [0.05, 0.1) is 11.6 Å². The van der Waals surface area contributed by atoms with Crippen molar-refractivity contribution in [2.45, 2.75) is 19.4 Å². The fourth-order valence-corrected chi connectivity index (χ4v) is 2.63. The molecule has 0 aliphatic carbocycles. The average Bonchev–Trinajstić information content (AvgIpc) is 2.56. The summed E-state index contributed by atoms with van der Waals surface area (Å²) in [5, 5.41) is 11.9. The smallest absolute Gasteiger partial charge is 0.255 e. The molecule has 0 spiro atoms. The van der Waals surface area contributed by atoms with Crippen molar-refractivity contribution in [3.8, 4) is 0 Å². The summed E-state index contributed by atoms with van der Waals surface area (Å²) in [6, 6.07) is 3.45.